The van der Waals surface area contributed by atoms with Crippen LogP contribution < -0.4 is 11.1 Å². The molecule has 10 heteroatoms. The predicted octanol–water partition coefficient (Wildman–Crippen LogP) is 5.23. The Labute approximate surface area is 256 Å². The van der Waals surface area contributed by atoms with Gasteiger partial charge in [0.05, 0.1) is 35.0 Å². The number of carbonyl (C=O) groups excluding carboxylic acids is 3. The fourth-order valence-corrected chi connectivity index (χ4v) is 5.23. The van der Waals surface area contributed by atoms with Crippen LogP contribution in [0.4, 0.5) is 5.69 Å². The maximum absolute atomic E-state index is 13.4. The molecule has 3 N–H and O–H groups in total. The van der Waals surface area contributed by atoms with Gasteiger partial charge in [0.1, 0.15) is 6.61 Å². The van der Waals surface area contributed by atoms with E-state index in [1.165, 1.54) is 0 Å². The molecule has 1 fully saturated rings. The van der Waals surface area contributed by atoms with Gasteiger partial charge in [-0.1, -0.05) is 71.7 Å². The number of halogens is 2. The zero-order chi connectivity index (χ0) is 30.1. The number of ether oxygens (including phenoxy) is 1. The Hall–Kier alpha value is -3.43. The second-order valence-corrected chi connectivity index (χ2v) is 11.3. The molecule has 0 aromatic heterocycles. The number of esters is 1. The van der Waals surface area contributed by atoms with E-state index in [2.05, 4.69) is 10.2 Å². The molecule has 3 aromatic rings. The van der Waals surface area contributed by atoms with Gasteiger partial charge in [0.25, 0.3) is 0 Å². The number of likely N-dealkylation sites (tertiary alicyclic amines) is 1. The van der Waals surface area contributed by atoms with Gasteiger partial charge < -0.3 is 25.6 Å². The van der Waals surface area contributed by atoms with Gasteiger partial charge in [0, 0.05) is 19.3 Å². The van der Waals surface area contributed by atoms with Crippen LogP contribution in [0.1, 0.15) is 42.0 Å². The first-order valence-electron chi connectivity index (χ1n) is 14.0. The van der Waals surface area contributed by atoms with Crippen molar-refractivity contribution in [3.63, 3.8) is 0 Å². The van der Waals surface area contributed by atoms with Crippen LogP contribution in [0.25, 0.3) is 0 Å². The van der Waals surface area contributed by atoms with Crippen molar-refractivity contribution < 1.29 is 19.1 Å². The summed E-state index contributed by atoms with van der Waals surface area (Å²) < 4.78 is 5.26. The highest BCUT2D eigenvalue weighted by Gasteiger charge is 2.27. The highest BCUT2D eigenvalue weighted by atomic mass is 35.5. The molecular weight excluding hydrogens is 575 g/mol. The van der Waals surface area contributed by atoms with Crippen molar-refractivity contribution in [2.24, 2.45) is 5.73 Å². The van der Waals surface area contributed by atoms with E-state index in [0.29, 0.717) is 22.3 Å². The van der Waals surface area contributed by atoms with E-state index in [9.17, 15) is 14.4 Å². The van der Waals surface area contributed by atoms with Crippen molar-refractivity contribution in [3.8, 4) is 0 Å². The molecule has 0 saturated carbocycles. The normalized spacial score (nSPS) is 14.7. The summed E-state index contributed by atoms with van der Waals surface area (Å²) in [7, 11) is 1.79. The van der Waals surface area contributed by atoms with Crippen molar-refractivity contribution in [1.82, 2.24) is 9.80 Å². The first-order chi connectivity index (χ1) is 20.2. The molecule has 1 saturated heterocycles. The Morgan fingerprint density at radius 3 is 2.40 bits per heavy atom. The predicted molar refractivity (Wildman–Crippen MR) is 165 cm³/mol. The lowest BCUT2D eigenvalue weighted by Gasteiger charge is -2.32. The lowest BCUT2D eigenvalue weighted by molar-refractivity contribution is -0.146. The molecule has 8 nitrogen and oxygen atoms in total. The van der Waals surface area contributed by atoms with Gasteiger partial charge in [-0.05, 0) is 66.9 Å². The van der Waals surface area contributed by atoms with Crippen molar-refractivity contribution in [3.05, 3.63) is 99.5 Å². The Bertz CT molecular complexity index is 1380. The lowest BCUT2D eigenvalue weighted by atomic mass is 10.0. The number of anilines is 1. The molecule has 1 heterocycles. The van der Waals surface area contributed by atoms with E-state index in [4.69, 9.17) is 33.7 Å². The third-order valence-electron chi connectivity index (χ3n) is 7.34. The Kier molecular flexibility index (Phi) is 11.4. The average Bonchev–Trinajstić information content (AvgIpc) is 3.50. The van der Waals surface area contributed by atoms with E-state index < -0.39 is 17.9 Å². The van der Waals surface area contributed by atoms with Crippen LogP contribution in [-0.2, 0) is 32.1 Å². The van der Waals surface area contributed by atoms with Gasteiger partial charge >= 0.3 is 5.97 Å². The van der Waals surface area contributed by atoms with Gasteiger partial charge in [0.15, 0.2) is 0 Å². The van der Waals surface area contributed by atoms with Gasteiger partial charge in [-0.3, -0.25) is 14.4 Å². The fourth-order valence-electron chi connectivity index (χ4n) is 4.91. The SMILES string of the molecule is CN(C(=O)Cc1ccc(Cl)c(Cl)c1)[C@H](CN1CCCC1)c1cccc(NC(=O)[C@H](N)CC(=O)OCc2ccccc2)c1. The molecule has 0 spiro atoms. The van der Waals surface area contributed by atoms with Crippen molar-refractivity contribution >= 4 is 46.7 Å². The first kappa shape index (κ1) is 31.5. The monoisotopic (exact) mass is 610 g/mol. The molecule has 0 bridgehead atoms. The summed E-state index contributed by atoms with van der Waals surface area (Å²) in [5, 5.41) is 3.66. The molecule has 42 heavy (non-hydrogen) atoms. The summed E-state index contributed by atoms with van der Waals surface area (Å²) in [5.74, 6) is -1.12. The molecule has 0 radical (unpaired) electrons. The topological polar surface area (TPSA) is 105 Å². The summed E-state index contributed by atoms with van der Waals surface area (Å²) in [5.41, 5.74) is 9.07. The van der Waals surface area contributed by atoms with Gasteiger partial charge in [-0.15, -0.1) is 0 Å². The van der Waals surface area contributed by atoms with Crippen molar-refractivity contribution in [2.75, 3.05) is 32.0 Å². The number of hydrogen-bond acceptors (Lipinski definition) is 6. The van der Waals surface area contributed by atoms with Crippen LogP contribution >= 0.6 is 23.2 Å². The van der Waals surface area contributed by atoms with Crippen LogP contribution in [0.2, 0.25) is 10.0 Å². The maximum atomic E-state index is 13.4. The van der Waals surface area contributed by atoms with E-state index in [0.717, 1.165) is 42.6 Å². The average molecular weight is 612 g/mol. The molecule has 0 unspecified atom stereocenters. The summed E-state index contributed by atoms with van der Waals surface area (Å²) in [6, 6.07) is 20.5. The largest absolute Gasteiger partial charge is 0.461 e. The number of nitrogens with one attached hydrogen (secondary N) is 1. The standard InChI is InChI=1S/C32H36Cl2N4O4/c1-37(30(39)17-23-12-13-26(33)27(34)16-23)29(20-38-14-5-6-15-38)24-10-7-11-25(18-24)36-32(41)28(35)19-31(40)42-21-22-8-3-2-4-9-22/h2-4,7-13,16,18,28-29H,5-6,14-15,17,19-21,35H2,1H3,(H,36,41)/t28-,29-/m1/s1. The third-order valence-corrected chi connectivity index (χ3v) is 8.07. The van der Waals surface area contributed by atoms with E-state index in [1.54, 1.807) is 36.2 Å². The second kappa shape index (κ2) is 15.2. The number of rotatable bonds is 12. The molecule has 1 aliphatic heterocycles. The summed E-state index contributed by atoms with van der Waals surface area (Å²) in [6.45, 7) is 2.72. The van der Waals surface area contributed by atoms with E-state index >= 15 is 0 Å². The van der Waals surface area contributed by atoms with Crippen LogP contribution in [0.15, 0.2) is 72.8 Å². The van der Waals surface area contributed by atoms with Crippen LogP contribution in [0, 0.1) is 0 Å². The molecule has 0 aliphatic carbocycles. The minimum Gasteiger partial charge on any atom is -0.461 e. The minimum atomic E-state index is -1.08. The second-order valence-electron chi connectivity index (χ2n) is 10.5. The first-order valence-corrected chi connectivity index (χ1v) is 14.7. The number of likely N-dealkylation sites (N-methyl/N-ethyl adjacent to an activating group) is 1. The lowest BCUT2D eigenvalue weighted by Crippen LogP contribution is -2.39. The Balaban J connectivity index is 1.41. The number of nitrogens with two attached hydrogens (primary N) is 1. The quantitative estimate of drug-likeness (QED) is 0.272. The van der Waals surface area contributed by atoms with Gasteiger partial charge in [0.2, 0.25) is 11.8 Å². The molecule has 2 atom stereocenters. The molecule has 4 rings (SSSR count). The summed E-state index contributed by atoms with van der Waals surface area (Å²) in [4.78, 5) is 42.6. The van der Waals surface area contributed by atoms with Crippen molar-refractivity contribution in [2.45, 2.75) is 44.4 Å². The molecule has 3 aromatic carbocycles. The van der Waals surface area contributed by atoms with Crippen LogP contribution in [-0.4, -0.2) is 60.3 Å². The molecule has 1 aliphatic rings. The van der Waals surface area contributed by atoms with Gasteiger partial charge in [-0.2, -0.15) is 0 Å². The number of amides is 2. The highest BCUT2D eigenvalue weighted by molar-refractivity contribution is 6.42. The summed E-state index contributed by atoms with van der Waals surface area (Å²) in [6.07, 6.45) is 2.17. The zero-order valence-electron chi connectivity index (χ0n) is 23.6. The minimum absolute atomic E-state index is 0.0666. The highest BCUT2D eigenvalue weighted by Crippen LogP contribution is 2.27. The number of nitrogens with zero attached hydrogens (tertiary/aromatic N) is 2. The molecular formula is C32H36Cl2N4O4. The van der Waals surface area contributed by atoms with E-state index in [-0.39, 0.29) is 31.4 Å². The number of carbonyl (C=O) groups is 3. The van der Waals surface area contributed by atoms with Crippen LogP contribution in [0.5, 0.6) is 0 Å². The van der Waals surface area contributed by atoms with E-state index in [1.807, 2.05) is 48.5 Å². The number of hydrogen-bond donors (Lipinski definition) is 2. The molecule has 222 valence electrons. The maximum Gasteiger partial charge on any atom is 0.308 e. The Morgan fingerprint density at radius 2 is 1.69 bits per heavy atom. The summed E-state index contributed by atoms with van der Waals surface area (Å²) >= 11 is 12.2. The van der Waals surface area contributed by atoms with Gasteiger partial charge in [-0.25, -0.2) is 0 Å². The smallest absolute Gasteiger partial charge is 0.308 e. The number of benzene rings is 3. The Morgan fingerprint density at radius 1 is 0.952 bits per heavy atom. The molecule has 2 amide bonds. The van der Waals surface area contributed by atoms with Crippen molar-refractivity contribution in [1.29, 1.82) is 0 Å². The third kappa shape index (κ3) is 9.03. The van der Waals surface area contributed by atoms with Crippen LogP contribution in [0.3, 0.4) is 0 Å². The fraction of sp³-hybridized carbons (Fsp3) is 0.344. The zero-order valence-corrected chi connectivity index (χ0v) is 25.1.